The summed E-state index contributed by atoms with van der Waals surface area (Å²) in [5.74, 6) is 3.23. The fourth-order valence-corrected chi connectivity index (χ4v) is 2.83. The van der Waals surface area contributed by atoms with Crippen molar-refractivity contribution >= 4 is 29.1 Å². The molecule has 1 aromatic rings. The highest BCUT2D eigenvalue weighted by molar-refractivity contribution is 7.99. The first-order valence-electron chi connectivity index (χ1n) is 5.37. The Labute approximate surface area is 103 Å². The lowest BCUT2D eigenvalue weighted by Crippen LogP contribution is -2.19. The number of nitro groups is 1. The maximum absolute atomic E-state index is 10.8. The number of nitrogens with zero attached hydrogens (tertiary/aromatic N) is 2. The molecule has 2 rings (SSSR count). The summed E-state index contributed by atoms with van der Waals surface area (Å²) >= 11 is 1.88. The third-order valence-electron chi connectivity index (χ3n) is 2.56. The lowest BCUT2D eigenvalue weighted by molar-refractivity contribution is -0.384. The molecule has 0 saturated carbocycles. The second-order valence-electron chi connectivity index (χ2n) is 3.81. The Morgan fingerprint density at radius 2 is 2.29 bits per heavy atom. The number of rotatable bonds is 4. The van der Waals surface area contributed by atoms with Crippen LogP contribution in [-0.4, -0.2) is 34.5 Å². The molecular formula is C10H14N4O2S. The molecule has 0 radical (unpaired) electrons. The van der Waals surface area contributed by atoms with Gasteiger partial charge in [-0.2, -0.15) is 11.8 Å². The van der Waals surface area contributed by atoms with E-state index in [0.717, 1.165) is 17.9 Å². The minimum absolute atomic E-state index is 0.0532. The van der Waals surface area contributed by atoms with Crippen molar-refractivity contribution in [3.63, 3.8) is 0 Å². The highest BCUT2D eigenvalue weighted by Crippen LogP contribution is 2.24. The molecule has 1 fully saturated rings. The van der Waals surface area contributed by atoms with Crippen LogP contribution in [0.15, 0.2) is 12.1 Å². The molecule has 0 spiro atoms. The van der Waals surface area contributed by atoms with Crippen LogP contribution in [0.3, 0.4) is 0 Å². The van der Waals surface area contributed by atoms with Gasteiger partial charge in [0.1, 0.15) is 11.6 Å². The van der Waals surface area contributed by atoms with Crippen LogP contribution in [-0.2, 0) is 0 Å². The SMILES string of the molecule is CNc1cc([N+](=O)[O-])cc(NC2CCSC2)n1. The molecule has 0 bridgehead atoms. The minimum Gasteiger partial charge on any atom is -0.373 e. The van der Waals surface area contributed by atoms with Gasteiger partial charge in [0.15, 0.2) is 0 Å². The molecule has 17 heavy (non-hydrogen) atoms. The monoisotopic (exact) mass is 254 g/mol. The van der Waals surface area contributed by atoms with Crippen molar-refractivity contribution in [1.82, 2.24) is 4.98 Å². The quantitative estimate of drug-likeness (QED) is 0.631. The molecule has 1 aromatic heterocycles. The highest BCUT2D eigenvalue weighted by Gasteiger charge is 2.17. The van der Waals surface area contributed by atoms with E-state index in [1.807, 2.05) is 11.8 Å². The third-order valence-corrected chi connectivity index (χ3v) is 3.72. The first-order valence-corrected chi connectivity index (χ1v) is 6.53. The Kier molecular flexibility index (Phi) is 3.68. The maximum atomic E-state index is 10.8. The summed E-state index contributed by atoms with van der Waals surface area (Å²) in [5.41, 5.74) is 0.0532. The molecule has 1 unspecified atom stereocenters. The van der Waals surface area contributed by atoms with Crippen molar-refractivity contribution in [2.24, 2.45) is 0 Å². The van der Waals surface area contributed by atoms with Gasteiger partial charge in [0.25, 0.3) is 5.69 Å². The fourth-order valence-electron chi connectivity index (χ4n) is 1.68. The molecule has 2 heterocycles. The average Bonchev–Trinajstić information content (AvgIpc) is 2.81. The predicted octanol–water partition coefficient (Wildman–Crippen LogP) is 1.95. The first-order chi connectivity index (χ1) is 8.19. The van der Waals surface area contributed by atoms with E-state index < -0.39 is 4.92 Å². The summed E-state index contributed by atoms with van der Waals surface area (Å²) in [4.78, 5) is 14.6. The lowest BCUT2D eigenvalue weighted by atomic mass is 10.2. The Balaban J connectivity index is 2.19. The van der Waals surface area contributed by atoms with Gasteiger partial charge >= 0.3 is 0 Å². The van der Waals surface area contributed by atoms with Crippen LogP contribution in [0.4, 0.5) is 17.3 Å². The van der Waals surface area contributed by atoms with Crippen LogP contribution < -0.4 is 10.6 Å². The number of anilines is 2. The van der Waals surface area contributed by atoms with Gasteiger partial charge in [0.2, 0.25) is 0 Å². The maximum Gasteiger partial charge on any atom is 0.276 e. The van der Waals surface area contributed by atoms with Crippen LogP contribution >= 0.6 is 11.8 Å². The molecule has 0 aromatic carbocycles. The van der Waals surface area contributed by atoms with E-state index in [1.165, 1.54) is 12.1 Å². The Hall–Kier alpha value is -1.50. The van der Waals surface area contributed by atoms with Crippen LogP contribution in [0, 0.1) is 10.1 Å². The van der Waals surface area contributed by atoms with Crippen molar-refractivity contribution in [2.75, 3.05) is 29.2 Å². The molecular weight excluding hydrogens is 240 g/mol. The summed E-state index contributed by atoms with van der Waals surface area (Å²) in [5, 5.41) is 16.8. The van der Waals surface area contributed by atoms with E-state index in [2.05, 4.69) is 15.6 Å². The number of thioether (sulfide) groups is 1. The van der Waals surface area contributed by atoms with Crippen LogP contribution in [0.2, 0.25) is 0 Å². The van der Waals surface area contributed by atoms with Crippen LogP contribution in [0.25, 0.3) is 0 Å². The van der Waals surface area contributed by atoms with Crippen molar-refractivity contribution in [2.45, 2.75) is 12.5 Å². The zero-order valence-electron chi connectivity index (χ0n) is 9.47. The second-order valence-corrected chi connectivity index (χ2v) is 4.96. The van der Waals surface area contributed by atoms with E-state index in [-0.39, 0.29) is 5.69 Å². The number of pyridine rings is 1. The summed E-state index contributed by atoms with van der Waals surface area (Å²) in [7, 11) is 1.70. The van der Waals surface area contributed by atoms with Gasteiger partial charge in [0.05, 0.1) is 17.1 Å². The molecule has 7 heteroatoms. The first kappa shape index (κ1) is 12.0. The molecule has 6 nitrogen and oxygen atoms in total. The molecule has 1 saturated heterocycles. The zero-order valence-corrected chi connectivity index (χ0v) is 10.3. The normalized spacial score (nSPS) is 19.0. The number of nitrogens with one attached hydrogen (secondary N) is 2. The molecule has 1 aliphatic rings. The molecule has 0 amide bonds. The van der Waals surface area contributed by atoms with E-state index in [9.17, 15) is 10.1 Å². The number of hydrogen-bond acceptors (Lipinski definition) is 6. The van der Waals surface area contributed by atoms with Gasteiger partial charge in [-0.05, 0) is 12.2 Å². The van der Waals surface area contributed by atoms with E-state index in [0.29, 0.717) is 17.7 Å². The molecule has 1 atom stereocenters. The summed E-state index contributed by atoms with van der Waals surface area (Å²) in [6, 6.07) is 3.26. The standard InChI is InChI=1S/C10H14N4O2S/c1-11-9-4-8(14(15)16)5-10(13-9)12-7-2-3-17-6-7/h4-5,7H,2-3,6H2,1H3,(H2,11,12,13). The van der Waals surface area contributed by atoms with Gasteiger partial charge in [-0.3, -0.25) is 10.1 Å². The lowest BCUT2D eigenvalue weighted by Gasteiger charge is -2.12. The van der Waals surface area contributed by atoms with E-state index in [4.69, 9.17) is 0 Å². The predicted molar refractivity (Wildman–Crippen MR) is 69.8 cm³/mol. The Morgan fingerprint density at radius 1 is 1.53 bits per heavy atom. The Morgan fingerprint density at radius 3 is 2.88 bits per heavy atom. The summed E-state index contributed by atoms with van der Waals surface area (Å²) in [6.07, 6.45) is 1.07. The largest absolute Gasteiger partial charge is 0.373 e. The second kappa shape index (κ2) is 5.22. The van der Waals surface area contributed by atoms with Crippen LogP contribution in [0.1, 0.15) is 6.42 Å². The van der Waals surface area contributed by atoms with Crippen molar-refractivity contribution in [3.05, 3.63) is 22.2 Å². The van der Waals surface area contributed by atoms with Gasteiger partial charge in [-0.25, -0.2) is 4.98 Å². The smallest absolute Gasteiger partial charge is 0.276 e. The third kappa shape index (κ3) is 3.00. The highest BCUT2D eigenvalue weighted by atomic mass is 32.2. The molecule has 2 N–H and O–H groups in total. The summed E-state index contributed by atoms with van der Waals surface area (Å²) in [6.45, 7) is 0. The van der Waals surface area contributed by atoms with Gasteiger partial charge in [-0.15, -0.1) is 0 Å². The van der Waals surface area contributed by atoms with Crippen molar-refractivity contribution in [1.29, 1.82) is 0 Å². The molecule has 1 aliphatic heterocycles. The van der Waals surface area contributed by atoms with Crippen molar-refractivity contribution in [3.8, 4) is 0 Å². The van der Waals surface area contributed by atoms with Crippen LogP contribution in [0.5, 0.6) is 0 Å². The van der Waals surface area contributed by atoms with E-state index >= 15 is 0 Å². The van der Waals surface area contributed by atoms with Gasteiger partial charge in [-0.1, -0.05) is 0 Å². The van der Waals surface area contributed by atoms with Gasteiger partial charge in [0, 0.05) is 18.8 Å². The number of hydrogen-bond donors (Lipinski definition) is 2. The minimum atomic E-state index is -0.406. The summed E-state index contributed by atoms with van der Waals surface area (Å²) < 4.78 is 0. The number of aromatic nitrogens is 1. The average molecular weight is 254 g/mol. The van der Waals surface area contributed by atoms with E-state index in [1.54, 1.807) is 7.05 Å². The molecule has 92 valence electrons. The zero-order chi connectivity index (χ0) is 12.3. The van der Waals surface area contributed by atoms with Crippen molar-refractivity contribution < 1.29 is 4.92 Å². The fraction of sp³-hybridized carbons (Fsp3) is 0.500. The Bertz CT molecular complexity index is 421. The molecule has 0 aliphatic carbocycles. The topological polar surface area (TPSA) is 80.1 Å². The van der Waals surface area contributed by atoms with Gasteiger partial charge < -0.3 is 10.6 Å².